The molecule has 0 radical (unpaired) electrons. The van der Waals surface area contributed by atoms with Crippen molar-refractivity contribution in [1.29, 1.82) is 5.26 Å². The van der Waals surface area contributed by atoms with Crippen LogP contribution in [0.4, 0.5) is 5.69 Å². The number of nitrogens with one attached hydrogen (secondary N) is 2. The van der Waals surface area contributed by atoms with Gasteiger partial charge in [0, 0.05) is 18.4 Å². The van der Waals surface area contributed by atoms with Crippen molar-refractivity contribution in [2.75, 3.05) is 5.32 Å². The third kappa shape index (κ3) is 1.24. The summed E-state index contributed by atoms with van der Waals surface area (Å²) < 4.78 is 0. The topological polar surface area (TPSA) is 69.7 Å². The molecule has 0 aliphatic carbocycles. The van der Waals surface area contributed by atoms with Crippen LogP contribution in [0.2, 0.25) is 0 Å². The van der Waals surface area contributed by atoms with E-state index in [4.69, 9.17) is 5.26 Å². The van der Waals surface area contributed by atoms with Crippen molar-refractivity contribution in [2.45, 2.75) is 24.8 Å². The number of rotatable bonds is 0. The number of hydrogen-bond donors (Lipinski definition) is 2. The van der Waals surface area contributed by atoms with Crippen molar-refractivity contribution >= 4 is 17.9 Å². The third-order valence-electron chi connectivity index (χ3n) is 4.48. The third-order valence-corrected chi connectivity index (χ3v) is 4.48. The monoisotopic (exact) mass is 265 g/mol. The Bertz CT molecular complexity index is 728. The highest BCUT2D eigenvalue weighted by molar-refractivity contribution is 6.05. The highest BCUT2D eigenvalue weighted by atomic mass is 16.2. The molecule has 1 saturated heterocycles. The Morgan fingerprint density at radius 1 is 1.45 bits per heavy atom. The summed E-state index contributed by atoms with van der Waals surface area (Å²) in [5.74, 6) is 0.0107. The van der Waals surface area contributed by atoms with E-state index in [2.05, 4.69) is 16.4 Å². The number of aliphatic imine (C=N–C) groups is 1. The zero-order valence-corrected chi connectivity index (χ0v) is 10.8. The standard InChI is InChI=1S/C15H12N4O/c16-7-10-3-4-12-13(6-10)18-14(20)15(12)5-1-2-11-8-17-9-19(11)15/h3-4,6,8-9H,1-2,5H2,(H,18,20)/p+1. The Labute approximate surface area is 116 Å². The van der Waals surface area contributed by atoms with Crippen LogP contribution in [0.25, 0.3) is 0 Å². The number of hydrogen-bond acceptors (Lipinski definition) is 3. The van der Waals surface area contributed by atoms with Crippen LogP contribution < -0.4 is 10.2 Å². The van der Waals surface area contributed by atoms with Gasteiger partial charge in [0.25, 0.3) is 5.91 Å². The van der Waals surface area contributed by atoms with Crippen molar-refractivity contribution in [3.63, 3.8) is 0 Å². The molecule has 2 atom stereocenters. The molecule has 98 valence electrons. The summed E-state index contributed by atoms with van der Waals surface area (Å²) in [6.45, 7) is 0. The van der Waals surface area contributed by atoms with Crippen molar-refractivity contribution in [3.05, 3.63) is 41.2 Å². The first-order chi connectivity index (χ1) is 9.75. The van der Waals surface area contributed by atoms with Crippen molar-refractivity contribution < 1.29 is 9.69 Å². The van der Waals surface area contributed by atoms with E-state index in [1.165, 1.54) is 5.70 Å². The molecule has 2 unspecified atom stereocenters. The first kappa shape index (κ1) is 11.4. The molecule has 20 heavy (non-hydrogen) atoms. The maximum Gasteiger partial charge on any atom is 0.291 e. The smallest absolute Gasteiger partial charge is 0.291 e. The normalized spacial score (nSPS) is 29.6. The number of quaternary nitrogens is 1. The molecule has 1 aromatic carbocycles. The summed E-state index contributed by atoms with van der Waals surface area (Å²) in [5, 5.41) is 11.9. The molecule has 1 fully saturated rings. The van der Waals surface area contributed by atoms with Gasteiger partial charge in [0.05, 0.1) is 23.5 Å². The summed E-state index contributed by atoms with van der Waals surface area (Å²) in [6.07, 6.45) is 6.45. The summed E-state index contributed by atoms with van der Waals surface area (Å²) in [4.78, 5) is 17.9. The van der Waals surface area contributed by atoms with E-state index in [1.54, 1.807) is 12.1 Å². The summed E-state index contributed by atoms with van der Waals surface area (Å²) >= 11 is 0. The fraction of sp³-hybridized carbons (Fsp3) is 0.267. The number of allylic oxidation sites excluding steroid dienone is 1. The number of nitrogens with zero attached hydrogens (tertiary/aromatic N) is 2. The minimum atomic E-state index is -0.604. The lowest BCUT2D eigenvalue weighted by molar-refractivity contribution is -0.820. The average molecular weight is 265 g/mol. The van der Waals surface area contributed by atoms with Crippen LogP contribution in [0.5, 0.6) is 0 Å². The zero-order chi connectivity index (χ0) is 13.7. The number of carbonyl (C=O) groups excluding carboxylic acids is 1. The van der Waals surface area contributed by atoms with Crippen molar-refractivity contribution in [3.8, 4) is 6.07 Å². The second-order valence-electron chi connectivity index (χ2n) is 5.43. The lowest BCUT2D eigenvalue weighted by Crippen LogP contribution is -3.17. The number of carbonyl (C=O) groups is 1. The largest absolute Gasteiger partial charge is 0.320 e. The van der Waals surface area contributed by atoms with Crippen LogP contribution in [-0.2, 0) is 10.3 Å². The Balaban J connectivity index is 1.92. The average Bonchev–Trinajstić information content (AvgIpc) is 3.04. The molecule has 0 aromatic heterocycles. The van der Waals surface area contributed by atoms with E-state index in [1.807, 2.05) is 18.6 Å². The van der Waals surface area contributed by atoms with Crippen LogP contribution in [0.1, 0.15) is 30.4 Å². The van der Waals surface area contributed by atoms with E-state index in [9.17, 15) is 4.79 Å². The van der Waals surface area contributed by atoms with Gasteiger partial charge in [0.15, 0.2) is 6.34 Å². The van der Waals surface area contributed by atoms with Crippen LogP contribution in [0.3, 0.4) is 0 Å². The maximum absolute atomic E-state index is 12.6. The van der Waals surface area contributed by atoms with Crippen molar-refractivity contribution in [2.24, 2.45) is 4.99 Å². The van der Waals surface area contributed by atoms with E-state index < -0.39 is 5.54 Å². The highest BCUT2D eigenvalue weighted by Gasteiger charge is 2.58. The maximum atomic E-state index is 12.6. The van der Waals surface area contributed by atoms with E-state index in [-0.39, 0.29) is 5.91 Å². The molecule has 3 aliphatic rings. The molecule has 5 heteroatoms. The number of piperidine rings is 1. The molecule has 3 heterocycles. The molecular formula is C15H13N4O+. The number of amides is 1. The quantitative estimate of drug-likeness (QED) is 0.723. The number of nitriles is 1. The van der Waals surface area contributed by atoms with Gasteiger partial charge in [-0.05, 0) is 24.6 Å². The lowest BCUT2D eigenvalue weighted by atomic mass is 9.80. The fourth-order valence-corrected chi connectivity index (χ4v) is 3.57. The predicted octanol–water partition coefficient (Wildman–Crippen LogP) is 0.658. The fourth-order valence-electron chi connectivity index (χ4n) is 3.57. The SMILES string of the molecule is N#Cc1ccc2c(c1)NC(=O)C21CCCC2=CN=C[NH+]21. The van der Waals surface area contributed by atoms with Gasteiger partial charge in [-0.15, -0.1) is 0 Å². The lowest BCUT2D eigenvalue weighted by Gasteiger charge is -2.36. The molecule has 5 nitrogen and oxygen atoms in total. The number of fused-ring (bicyclic) bond motifs is 4. The predicted molar refractivity (Wildman–Crippen MR) is 72.9 cm³/mol. The first-order valence-corrected chi connectivity index (χ1v) is 6.72. The minimum Gasteiger partial charge on any atom is -0.320 e. The van der Waals surface area contributed by atoms with Gasteiger partial charge in [-0.3, -0.25) is 4.79 Å². The summed E-state index contributed by atoms with van der Waals surface area (Å²) in [7, 11) is 0. The Kier molecular flexibility index (Phi) is 2.15. The molecule has 2 N–H and O–H groups in total. The van der Waals surface area contributed by atoms with Gasteiger partial charge in [0.2, 0.25) is 5.54 Å². The highest BCUT2D eigenvalue weighted by Crippen LogP contribution is 2.40. The molecule has 1 aromatic rings. The van der Waals surface area contributed by atoms with Gasteiger partial charge in [0.1, 0.15) is 5.70 Å². The van der Waals surface area contributed by atoms with Gasteiger partial charge in [-0.25, -0.2) is 9.89 Å². The Morgan fingerprint density at radius 2 is 2.35 bits per heavy atom. The summed E-state index contributed by atoms with van der Waals surface area (Å²) in [6, 6.07) is 7.56. The molecule has 0 saturated carbocycles. The summed E-state index contributed by atoms with van der Waals surface area (Å²) in [5.41, 5.74) is 2.88. The molecule has 1 amide bonds. The van der Waals surface area contributed by atoms with Gasteiger partial charge in [-0.2, -0.15) is 5.26 Å². The minimum absolute atomic E-state index is 0.0107. The second kappa shape index (κ2) is 3.78. The Hall–Kier alpha value is -2.45. The van der Waals surface area contributed by atoms with E-state index in [0.717, 1.165) is 35.4 Å². The Morgan fingerprint density at radius 3 is 3.20 bits per heavy atom. The van der Waals surface area contributed by atoms with Gasteiger partial charge < -0.3 is 5.32 Å². The molecule has 1 spiro atoms. The van der Waals surface area contributed by atoms with E-state index >= 15 is 0 Å². The van der Waals surface area contributed by atoms with Crippen LogP contribution in [0, 0.1) is 11.3 Å². The second-order valence-corrected chi connectivity index (χ2v) is 5.43. The first-order valence-electron chi connectivity index (χ1n) is 6.72. The van der Waals surface area contributed by atoms with E-state index in [0.29, 0.717) is 5.56 Å². The van der Waals surface area contributed by atoms with Crippen LogP contribution in [-0.4, -0.2) is 12.2 Å². The van der Waals surface area contributed by atoms with Gasteiger partial charge in [-0.1, -0.05) is 0 Å². The number of benzene rings is 1. The van der Waals surface area contributed by atoms with Crippen LogP contribution >= 0.6 is 0 Å². The van der Waals surface area contributed by atoms with Gasteiger partial charge >= 0.3 is 0 Å². The molecule has 0 bridgehead atoms. The van der Waals surface area contributed by atoms with Crippen LogP contribution in [0.15, 0.2) is 35.1 Å². The zero-order valence-electron chi connectivity index (χ0n) is 10.8. The van der Waals surface area contributed by atoms with Crippen molar-refractivity contribution in [1.82, 2.24) is 0 Å². The molecule has 4 rings (SSSR count). The molecular weight excluding hydrogens is 252 g/mol. The number of anilines is 1. The molecule has 3 aliphatic heterocycles.